The van der Waals surface area contributed by atoms with Crippen LogP contribution in [-0.2, 0) is 0 Å². The SMILES string of the molecule is CCCNC(CC(C)CCC)c1ccncc1Cl. The standard InChI is InChI=1S/C15H25ClN2/c1-4-6-12(3)10-15(18-8-5-2)13-7-9-17-11-14(13)16/h7,9,11-12,15,18H,4-6,8,10H2,1-3H3. The van der Waals surface area contributed by atoms with E-state index in [-0.39, 0.29) is 0 Å². The Kier molecular flexibility index (Phi) is 7.29. The Morgan fingerprint density at radius 1 is 1.33 bits per heavy atom. The Morgan fingerprint density at radius 2 is 2.11 bits per heavy atom. The van der Waals surface area contributed by atoms with E-state index in [1.54, 1.807) is 6.20 Å². The molecule has 0 aliphatic heterocycles. The first-order valence-electron chi connectivity index (χ1n) is 7.01. The van der Waals surface area contributed by atoms with Crippen molar-refractivity contribution in [2.24, 2.45) is 5.92 Å². The highest BCUT2D eigenvalue weighted by Gasteiger charge is 2.16. The Bertz CT molecular complexity index is 341. The zero-order valence-electron chi connectivity index (χ0n) is 11.7. The van der Waals surface area contributed by atoms with Gasteiger partial charge in [0.15, 0.2) is 0 Å². The van der Waals surface area contributed by atoms with Crippen LogP contribution in [0.5, 0.6) is 0 Å². The van der Waals surface area contributed by atoms with Gasteiger partial charge in [0, 0.05) is 18.4 Å². The van der Waals surface area contributed by atoms with E-state index in [4.69, 9.17) is 11.6 Å². The fourth-order valence-electron chi connectivity index (χ4n) is 2.32. The molecule has 1 heterocycles. The van der Waals surface area contributed by atoms with E-state index < -0.39 is 0 Å². The fourth-order valence-corrected chi connectivity index (χ4v) is 2.57. The second kappa shape index (κ2) is 8.49. The third kappa shape index (κ3) is 4.95. The minimum atomic E-state index is 0.349. The predicted molar refractivity (Wildman–Crippen MR) is 79.0 cm³/mol. The normalized spacial score (nSPS) is 14.4. The molecule has 1 aromatic heterocycles. The molecule has 2 atom stereocenters. The molecule has 0 saturated heterocycles. The monoisotopic (exact) mass is 268 g/mol. The van der Waals surface area contributed by atoms with Crippen molar-refractivity contribution < 1.29 is 0 Å². The first-order valence-corrected chi connectivity index (χ1v) is 7.39. The van der Waals surface area contributed by atoms with Gasteiger partial charge in [-0.25, -0.2) is 0 Å². The summed E-state index contributed by atoms with van der Waals surface area (Å²) in [4.78, 5) is 4.06. The Morgan fingerprint density at radius 3 is 2.72 bits per heavy atom. The molecule has 0 amide bonds. The van der Waals surface area contributed by atoms with E-state index in [9.17, 15) is 0 Å². The molecule has 0 aromatic carbocycles. The van der Waals surface area contributed by atoms with Crippen LogP contribution in [-0.4, -0.2) is 11.5 Å². The van der Waals surface area contributed by atoms with Crippen LogP contribution in [0, 0.1) is 5.92 Å². The summed E-state index contributed by atoms with van der Waals surface area (Å²) in [5.41, 5.74) is 1.18. The Hall–Kier alpha value is -0.600. The lowest BCUT2D eigenvalue weighted by atomic mass is 9.93. The van der Waals surface area contributed by atoms with Crippen LogP contribution in [0.15, 0.2) is 18.5 Å². The third-order valence-corrected chi connectivity index (χ3v) is 3.56. The van der Waals surface area contributed by atoms with Crippen molar-refractivity contribution in [2.75, 3.05) is 6.54 Å². The summed E-state index contributed by atoms with van der Waals surface area (Å²) in [6.07, 6.45) is 8.35. The van der Waals surface area contributed by atoms with Gasteiger partial charge in [-0.15, -0.1) is 0 Å². The van der Waals surface area contributed by atoms with Gasteiger partial charge < -0.3 is 5.32 Å². The molecule has 1 N–H and O–H groups in total. The summed E-state index contributed by atoms with van der Waals surface area (Å²) < 4.78 is 0. The largest absolute Gasteiger partial charge is 0.310 e. The van der Waals surface area contributed by atoms with Gasteiger partial charge in [0.25, 0.3) is 0 Å². The van der Waals surface area contributed by atoms with Crippen molar-refractivity contribution in [1.82, 2.24) is 10.3 Å². The van der Waals surface area contributed by atoms with E-state index >= 15 is 0 Å². The van der Waals surface area contributed by atoms with Gasteiger partial charge >= 0.3 is 0 Å². The second-order valence-corrected chi connectivity index (χ2v) is 5.44. The number of rotatable bonds is 8. The summed E-state index contributed by atoms with van der Waals surface area (Å²) >= 11 is 6.26. The molecule has 2 nitrogen and oxygen atoms in total. The summed E-state index contributed by atoms with van der Waals surface area (Å²) in [6.45, 7) is 7.78. The molecule has 102 valence electrons. The van der Waals surface area contributed by atoms with Crippen molar-refractivity contribution in [3.8, 4) is 0 Å². The van der Waals surface area contributed by atoms with Crippen LogP contribution in [0.25, 0.3) is 0 Å². The van der Waals surface area contributed by atoms with Gasteiger partial charge in [-0.2, -0.15) is 0 Å². The zero-order valence-corrected chi connectivity index (χ0v) is 12.5. The van der Waals surface area contributed by atoms with E-state index in [1.807, 2.05) is 12.3 Å². The highest BCUT2D eigenvalue weighted by atomic mass is 35.5. The summed E-state index contributed by atoms with van der Waals surface area (Å²) in [7, 11) is 0. The molecular weight excluding hydrogens is 244 g/mol. The summed E-state index contributed by atoms with van der Waals surface area (Å²) in [6, 6.07) is 2.39. The Balaban J connectivity index is 2.74. The smallest absolute Gasteiger partial charge is 0.0637 e. The average Bonchev–Trinajstić information content (AvgIpc) is 2.35. The molecule has 0 aliphatic carbocycles. The molecule has 0 spiro atoms. The lowest BCUT2D eigenvalue weighted by Gasteiger charge is -2.23. The predicted octanol–water partition coefficient (Wildman–Crippen LogP) is 4.60. The minimum Gasteiger partial charge on any atom is -0.310 e. The van der Waals surface area contributed by atoms with Gasteiger partial charge in [0.05, 0.1) is 5.02 Å². The van der Waals surface area contributed by atoms with Crippen LogP contribution in [0.1, 0.15) is 58.1 Å². The van der Waals surface area contributed by atoms with E-state index in [0.717, 1.165) is 24.4 Å². The topological polar surface area (TPSA) is 24.9 Å². The van der Waals surface area contributed by atoms with Crippen LogP contribution >= 0.6 is 11.6 Å². The molecule has 0 aliphatic rings. The molecule has 1 rings (SSSR count). The molecule has 0 bridgehead atoms. The highest BCUT2D eigenvalue weighted by Crippen LogP contribution is 2.28. The van der Waals surface area contributed by atoms with Gasteiger partial charge in [0.2, 0.25) is 0 Å². The molecular formula is C15H25ClN2. The van der Waals surface area contributed by atoms with Gasteiger partial charge in [-0.1, -0.05) is 45.2 Å². The molecule has 3 heteroatoms. The molecule has 2 unspecified atom stereocenters. The highest BCUT2D eigenvalue weighted by molar-refractivity contribution is 6.31. The third-order valence-electron chi connectivity index (χ3n) is 3.24. The maximum atomic E-state index is 6.26. The fraction of sp³-hybridized carbons (Fsp3) is 0.667. The lowest BCUT2D eigenvalue weighted by molar-refractivity contribution is 0.390. The Labute approximate surface area is 116 Å². The number of pyridine rings is 1. The molecule has 0 radical (unpaired) electrons. The molecule has 1 aromatic rings. The quantitative estimate of drug-likeness (QED) is 0.745. The van der Waals surface area contributed by atoms with Gasteiger partial charge in [-0.05, 0) is 36.9 Å². The lowest BCUT2D eigenvalue weighted by Crippen LogP contribution is -2.24. The molecule has 0 saturated carbocycles. The first kappa shape index (κ1) is 15.5. The van der Waals surface area contributed by atoms with Crippen LogP contribution in [0.3, 0.4) is 0 Å². The number of hydrogen-bond donors (Lipinski definition) is 1. The van der Waals surface area contributed by atoms with Crippen molar-refractivity contribution in [3.05, 3.63) is 29.0 Å². The first-order chi connectivity index (χ1) is 8.69. The van der Waals surface area contributed by atoms with Crippen molar-refractivity contribution in [2.45, 2.75) is 52.5 Å². The molecule has 18 heavy (non-hydrogen) atoms. The number of aromatic nitrogens is 1. The van der Waals surface area contributed by atoms with E-state index in [0.29, 0.717) is 12.0 Å². The summed E-state index contributed by atoms with van der Waals surface area (Å²) in [5, 5.41) is 4.38. The summed E-state index contributed by atoms with van der Waals surface area (Å²) in [5.74, 6) is 0.716. The van der Waals surface area contributed by atoms with Gasteiger partial charge in [-0.3, -0.25) is 4.98 Å². The zero-order chi connectivity index (χ0) is 13.4. The van der Waals surface area contributed by atoms with E-state index in [1.165, 1.54) is 18.4 Å². The minimum absolute atomic E-state index is 0.349. The van der Waals surface area contributed by atoms with Crippen molar-refractivity contribution in [3.63, 3.8) is 0 Å². The number of halogens is 1. The van der Waals surface area contributed by atoms with Gasteiger partial charge in [0.1, 0.15) is 0 Å². The van der Waals surface area contributed by atoms with Crippen molar-refractivity contribution >= 4 is 11.6 Å². The number of hydrogen-bond acceptors (Lipinski definition) is 2. The average molecular weight is 269 g/mol. The van der Waals surface area contributed by atoms with Crippen molar-refractivity contribution in [1.29, 1.82) is 0 Å². The van der Waals surface area contributed by atoms with E-state index in [2.05, 4.69) is 31.1 Å². The van der Waals surface area contributed by atoms with Crippen LogP contribution in [0.4, 0.5) is 0 Å². The number of nitrogens with one attached hydrogen (secondary N) is 1. The second-order valence-electron chi connectivity index (χ2n) is 5.03. The molecule has 0 fully saturated rings. The van der Waals surface area contributed by atoms with Crippen LogP contribution < -0.4 is 5.32 Å². The van der Waals surface area contributed by atoms with Crippen LogP contribution in [0.2, 0.25) is 5.02 Å². The maximum Gasteiger partial charge on any atom is 0.0637 e. The number of nitrogens with zero attached hydrogens (tertiary/aromatic N) is 1. The maximum absolute atomic E-state index is 6.26.